The van der Waals surface area contributed by atoms with Gasteiger partial charge in [-0.3, -0.25) is 8.37 Å². The van der Waals surface area contributed by atoms with Crippen LogP contribution in [-0.4, -0.2) is 57.5 Å². The zero-order valence-electron chi connectivity index (χ0n) is 20.9. The molecule has 0 radical (unpaired) electrons. The van der Waals surface area contributed by atoms with Gasteiger partial charge in [0, 0.05) is 7.11 Å². The second-order valence-electron chi connectivity index (χ2n) is 8.04. The summed E-state index contributed by atoms with van der Waals surface area (Å²) in [4.78, 5) is 0. The van der Waals surface area contributed by atoms with Crippen LogP contribution in [0.15, 0.2) is 78.9 Å². The van der Waals surface area contributed by atoms with Crippen molar-refractivity contribution in [1.82, 2.24) is 0 Å². The molecule has 0 amide bonds. The molecule has 0 aliphatic heterocycles. The van der Waals surface area contributed by atoms with Gasteiger partial charge in [0.15, 0.2) is 0 Å². The van der Waals surface area contributed by atoms with Crippen LogP contribution in [0.4, 0.5) is 0 Å². The molecule has 0 fully saturated rings. The number of methoxy groups -OCH3 is 1. The Labute approximate surface area is 265 Å². The molecule has 1 aliphatic carbocycles. The zero-order valence-corrected chi connectivity index (χ0v) is 26.6. The molecule has 0 heterocycles. The van der Waals surface area contributed by atoms with E-state index in [1.807, 2.05) is 18.2 Å². The van der Waals surface area contributed by atoms with E-state index in [0.717, 1.165) is 10.8 Å². The molecule has 0 saturated heterocycles. The molecule has 3 aromatic rings. The molecule has 4 rings (SSSR count). The number of benzene rings is 3. The summed E-state index contributed by atoms with van der Waals surface area (Å²) in [6, 6.07) is 21.2. The fourth-order valence-corrected chi connectivity index (χ4v) is 5.12. The normalized spacial score (nSPS) is 21.7. The molecule has 0 bridgehead atoms. The Balaban J connectivity index is 0.00000253. The first kappa shape index (κ1) is 33.5. The van der Waals surface area contributed by atoms with Gasteiger partial charge in [-0.25, -0.2) is 16.8 Å². The van der Waals surface area contributed by atoms with Gasteiger partial charge in [0.25, 0.3) is 0 Å². The molecule has 0 unspecified atom stereocenters. The Bertz CT molecular complexity index is 1460. The second-order valence-corrected chi connectivity index (χ2v) is 10.1. The molecule has 4 atom stereocenters. The smallest absolute Gasteiger partial charge is 0.726 e. The first-order valence-corrected chi connectivity index (χ1v) is 13.4. The summed E-state index contributed by atoms with van der Waals surface area (Å²) in [6.45, 7) is -0.0554. The number of ether oxygens (including phenoxy) is 2. The maximum absolute atomic E-state index is 11.7. The SMILES string of the molecule is CO[C@H]1C=C(c2ccc3ccccc3c2)[C@@H](OS(=O)(=O)[O-])[C@@H](OS(=O)(=O)[O-])[C@@H]1OCc1ccccc1.[Na+].[Na+]. The fourth-order valence-electron chi connectivity index (χ4n) is 4.17. The Morgan fingerprint density at radius 3 is 1.97 bits per heavy atom. The fraction of sp³-hybridized carbons (Fsp3) is 0.250. The van der Waals surface area contributed by atoms with E-state index < -0.39 is 45.2 Å². The van der Waals surface area contributed by atoms with Crippen molar-refractivity contribution >= 4 is 37.1 Å². The van der Waals surface area contributed by atoms with E-state index >= 15 is 0 Å². The molecule has 0 N–H and O–H groups in total. The van der Waals surface area contributed by atoms with Gasteiger partial charge < -0.3 is 18.6 Å². The zero-order chi connectivity index (χ0) is 25.9. The van der Waals surface area contributed by atoms with Crippen LogP contribution in [0.1, 0.15) is 11.1 Å². The molecule has 0 aromatic heterocycles. The van der Waals surface area contributed by atoms with Crippen LogP contribution >= 0.6 is 0 Å². The van der Waals surface area contributed by atoms with Gasteiger partial charge >= 0.3 is 59.1 Å². The van der Waals surface area contributed by atoms with Gasteiger partial charge in [-0.05, 0) is 39.6 Å². The average Bonchev–Trinajstić information content (AvgIpc) is 2.82. The molecule has 14 heteroatoms. The van der Waals surface area contributed by atoms with E-state index in [2.05, 4.69) is 0 Å². The summed E-state index contributed by atoms with van der Waals surface area (Å²) in [5.74, 6) is 0. The second kappa shape index (κ2) is 14.3. The van der Waals surface area contributed by atoms with E-state index in [9.17, 15) is 25.9 Å². The first-order valence-electron chi connectivity index (χ1n) is 10.7. The standard InChI is InChI=1S/C24H24O10S2.2Na/c1-31-21-14-20(19-12-11-17-9-5-6-10-18(17)13-19)22(33-35(25,26)27)24(34-36(28,29)30)23(21)32-15-16-7-3-2-4-8-16;;/h2-14,21-24H,15H2,1H3,(H,25,26,27)(H,28,29,30);;/q;2*+1/p-2/t21-,22+,23+,24+;;/m0../s1. The topological polar surface area (TPSA) is 151 Å². The van der Waals surface area contributed by atoms with Gasteiger partial charge in [0.05, 0.1) is 6.61 Å². The number of rotatable bonds is 9. The first-order chi connectivity index (χ1) is 17.0. The van der Waals surface area contributed by atoms with E-state index in [0.29, 0.717) is 11.1 Å². The Morgan fingerprint density at radius 2 is 1.37 bits per heavy atom. The van der Waals surface area contributed by atoms with Crippen molar-refractivity contribution in [3.05, 3.63) is 90.0 Å². The van der Waals surface area contributed by atoms with Crippen LogP contribution in [0, 0.1) is 0 Å². The largest absolute Gasteiger partial charge is 1.00 e. The van der Waals surface area contributed by atoms with Crippen molar-refractivity contribution in [3.63, 3.8) is 0 Å². The predicted octanol–water partition coefficient (Wildman–Crippen LogP) is -3.46. The van der Waals surface area contributed by atoms with E-state index in [4.69, 9.17) is 17.8 Å². The minimum absolute atomic E-state index is 0. The molecular formula is C24H22Na2O10S2. The average molecular weight is 581 g/mol. The van der Waals surface area contributed by atoms with Crippen molar-refractivity contribution in [2.45, 2.75) is 31.0 Å². The van der Waals surface area contributed by atoms with Gasteiger partial charge in [-0.2, -0.15) is 0 Å². The van der Waals surface area contributed by atoms with Crippen LogP contribution in [0.2, 0.25) is 0 Å². The number of hydrogen-bond acceptors (Lipinski definition) is 10. The molecular weight excluding hydrogens is 558 g/mol. The summed E-state index contributed by atoms with van der Waals surface area (Å²) < 4.78 is 90.9. The summed E-state index contributed by atoms with van der Waals surface area (Å²) in [5.41, 5.74) is 1.19. The van der Waals surface area contributed by atoms with Gasteiger partial charge in [0.1, 0.15) is 24.4 Å². The third-order valence-electron chi connectivity index (χ3n) is 5.69. The Kier molecular flexibility index (Phi) is 12.6. The van der Waals surface area contributed by atoms with Crippen LogP contribution in [-0.2, 0) is 45.2 Å². The molecule has 10 nitrogen and oxygen atoms in total. The Morgan fingerprint density at radius 1 is 0.763 bits per heavy atom. The number of fused-ring (bicyclic) bond motifs is 1. The molecule has 3 aromatic carbocycles. The summed E-state index contributed by atoms with van der Waals surface area (Å²) in [7, 11) is -9.44. The van der Waals surface area contributed by atoms with Crippen molar-refractivity contribution in [2.75, 3.05) is 7.11 Å². The van der Waals surface area contributed by atoms with Crippen molar-refractivity contribution < 1.29 is 103 Å². The number of hydrogen-bond donors (Lipinski definition) is 0. The van der Waals surface area contributed by atoms with Crippen LogP contribution in [0.25, 0.3) is 16.3 Å². The van der Waals surface area contributed by atoms with E-state index in [-0.39, 0.29) is 71.3 Å². The van der Waals surface area contributed by atoms with Crippen molar-refractivity contribution in [3.8, 4) is 0 Å². The van der Waals surface area contributed by atoms with Crippen LogP contribution < -0.4 is 59.1 Å². The summed E-state index contributed by atoms with van der Waals surface area (Å²) in [6.07, 6.45) is -4.51. The molecule has 1 aliphatic rings. The predicted molar refractivity (Wildman–Crippen MR) is 127 cm³/mol. The van der Waals surface area contributed by atoms with Gasteiger partial charge in [-0.1, -0.05) is 66.7 Å². The molecule has 38 heavy (non-hydrogen) atoms. The maximum atomic E-state index is 11.7. The third kappa shape index (κ3) is 8.91. The van der Waals surface area contributed by atoms with Crippen molar-refractivity contribution in [2.24, 2.45) is 0 Å². The van der Waals surface area contributed by atoms with Crippen molar-refractivity contribution in [1.29, 1.82) is 0 Å². The Hall–Kier alpha value is -0.680. The van der Waals surface area contributed by atoms with E-state index in [1.54, 1.807) is 54.6 Å². The quantitative estimate of drug-likeness (QED) is 0.142. The molecule has 0 spiro atoms. The molecule has 0 saturated carbocycles. The third-order valence-corrected chi connectivity index (χ3v) is 6.59. The maximum Gasteiger partial charge on any atom is 1.00 e. The summed E-state index contributed by atoms with van der Waals surface area (Å²) in [5, 5.41) is 1.67. The minimum Gasteiger partial charge on any atom is -0.726 e. The van der Waals surface area contributed by atoms with Gasteiger partial charge in [-0.15, -0.1) is 0 Å². The van der Waals surface area contributed by atoms with Gasteiger partial charge in [0.2, 0.25) is 20.8 Å². The van der Waals surface area contributed by atoms with Crippen LogP contribution in [0.3, 0.4) is 0 Å². The monoisotopic (exact) mass is 580 g/mol. The minimum atomic E-state index is -5.39. The summed E-state index contributed by atoms with van der Waals surface area (Å²) >= 11 is 0. The van der Waals surface area contributed by atoms with Crippen LogP contribution in [0.5, 0.6) is 0 Å². The van der Waals surface area contributed by atoms with E-state index in [1.165, 1.54) is 13.2 Å². The molecule has 192 valence electrons.